The molecule has 0 aliphatic carbocycles. The Morgan fingerprint density at radius 1 is 1.14 bits per heavy atom. The number of esters is 1. The molecule has 8 heteroatoms. The summed E-state index contributed by atoms with van der Waals surface area (Å²) in [5, 5.41) is 5.40. The van der Waals surface area contributed by atoms with Gasteiger partial charge < -0.3 is 20.3 Å². The second-order valence-electron chi connectivity index (χ2n) is 6.27. The summed E-state index contributed by atoms with van der Waals surface area (Å²) in [4.78, 5) is 37.8. The van der Waals surface area contributed by atoms with Gasteiger partial charge in [0.2, 0.25) is 5.91 Å². The molecule has 0 saturated heterocycles. The van der Waals surface area contributed by atoms with Gasteiger partial charge in [0.1, 0.15) is 0 Å². The average Bonchev–Trinajstić information content (AvgIpc) is 3.12. The van der Waals surface area contributed by atoms with E-state index in [1.54, 1.807) is 35.2 Å². The topological polar surface area (TPSA) is 87.7 Å². The van der Waals surface area contributed by atoms with E-state index in [4.69, 9.17) is 4.74 Å². The van der Waals surface area contributed by atoms with Gasteiger partial charge in [0, 0.05) is 35.4 Å². The van der Waals surface area contributed by atoms with Crippen LogP contribution in [0, 0.1) is 0 Å². The van der Waals surface area contributed by atoms with Crippen LogP contribution in [0.2, 0.25) is 0 Å². The summed E-state index contributed by atoms with van der Waals surface area (Å²) in [5.74, 6) is -0.470. The van der Waals surface area contributed by atoms with Crippen molar-refractivity contribution in [2.24, 2.45) is 0 Å². The quantitative estimate of drug-likeness (QED) is 0.690. The Balaban J connectivity index is 1.50. The zero-order chi connectivity index (χ0) is 20.1. The summed E-state index contributed by atoms with van der Waals surface area (Å²) in [6.07, 6.45) is 0.870. The van der Waals surface area contributed by atoms with Gasteiger partial charge in [-0.25, -0.2) is 9.59 Å². The van der Waals surface area contributed by atoms with Gasteiger partial charge in [-0.2, -0.15) is 0 Å². The molecule has 0 atom stereocenters. The highest BCUT2D eigenvalue weighted by molar-refractivity contribution is 9.10. The van der Waals surface area contributed by atoms with E-state index in [1.165, 1.54) is 7.11 Å². The number of amides is 3. The van der Waals surface area contributed by atoms with Crippen LogP contribution in [0.25, 0.3) is 0 Å². The van der Waals surface area contributed by atoms with Crippen molar-refractivity contribution in [2.45, 2.75) is 12.8 Å². The van der Waals surface area contributed by atoms with Crippen LogP contribution >= 0.6 is 15.9 Å². The maximum absolute atomic E-state index is 12.5. The predicted molar refractivity (Wildman–Crippen MR) is 110 cm³/mol. The lowest BCUT2D eigenvalue weighted by molar-refractivity contribution is -0.118. The molecule has 2 aromatic carbocycles. The van der Waals surface area contributed by atoms with Crippen molar-refractivity contribution >= 4 is 45.2 Å². The average molecular weight is 446 g/mol. The Hall–Kier alpha value is -2.87. The number of halogens is 1. The third-order valence-corrected chi connectivity index (χ3v) is 4.95. The van der Waals surface area contributed by atoms with Gasteiger partial charge in [-0.1, -0.05) is 15.9 Å². The summed E-state index contributed by atoms with van der Waals surface area (Å²) in [5.41, 5.74) is 2.89. The highest BCUT2D eigenvalue weighted by Crippen LogP contribution is 2.29. The molecule has 2 N–H and O–H groups in total. The number of methoxy groups -OCH3 is 1. The van der Waals surface area contributed by atoms with E-state index >= 15 is 0 Å². The van der Waals surface area contributed by atoms with Crippen LogP contribution in [0.15, 0.2) is 46.9 Å². The molecule has 28 heavy (non-hydrogen) atoms. The molecule has 0 bridgehead atoms. The number of hydrogen-bond acceptors (Lipinski definition) is 4. The first kappa shape index (κ1) is 19.9. The van der Waals surface area contributed by atoms with Gasteiger partial charge in [0.25, 0.3) is 0 Å². The van der Waals surface area contributed by atoms with Gasteiger partial charge >= 0.3 is 12.0 Å². The minimum Gasteiger partial charge on any atom is -0.465 e. The number of rotatable bonds is 5. The Morgan fingerprint density at radius 3 is 2.61 bits per heavy atom. The van der Waals surface area contributed by atoms with Crippen molar-refractivity contribution in [1.29, 1.82) is 0 Å². The first-order chi connectivity index (χ1) is 13.5. The van der Waals surface area contributed by atoms with E-state index in [0.717, 1.165) is 15.7 Å². The minimum absolute atomic E-state index is 0.0755. The summed E-state index contributed by atoms with van der Waals surface area (Å²) in [6.45, 7) is 0.789. The van der Waals surface area contributed by atoms with Crippen LogP contribution < -0.4 is 15.5 Å². The zero-order valence-corrected chi connectivity index (χ0v) is 16.9. The lowest BCUT2D eigenvalue weighted by Gasteiger charge is -2.17. The molecule has 2 aromatic rings. The molecule has 7 nitrogen and oxygen atoms in total. The number of hydrogen-bond donors (Lipinski definition) is 2. The number of benzene rings is 2. The molecule has 0 fully saturated rings. The fourth-order valence-electron chi connectivity index (χ4n) is 3.03. The number of carbonyl (C=O) groups is 3. The number of ether oxygens (including phenoxy) is 1. The maximum atomic E-state index is 12.5. The van der Waals surface area contributed by atoms with Crippen LogP contribution in [-0.4, -0.2) is 38.1 Å². The predicted octanol–water partition coefficient (Wildman–Crippen LogP) is 3.34. The summed E-state index contributed by atoms with van der Waals surface area (Å²) in [6, 6.07) is 12.0. The molecule has 0 spiro atoms. The number of urea groups is 1. The molecular formula is C20H20BrN3O4. The third kappa shape index (κ3) is 4.69. The monoisotopic (exact) mass is 445 g/mol. The maximum Gasteiger partial charge on any atom is 0.337 e. The van der Waals surface area contributed by atoms with Crippen molar-refractivity contribution in [3.63, 3.8) is 0 Å². The van der Waals surface area contributed by atoms with Crippen LogP contribution in [0.1, 0.15) is 22.3 Å². The Labute approximate surface area is 171 Å². The zero-order valence-electron chi connectivity index (χ0n) is 15.3. The molecule has 3 amide bonds. The smallest absolute Gasteiger partial charge is 0.337 e. The summed E-state index contributed by atoms with van der Waals surface area (Å²) in [7, 11) is 1.34. The highest BCUT2D eigenvalue weighted by atomic mass is 79.9. The van der Waals surface area contributed by atoms with E-state index in [-0.39, 0.29) is 24.9 Å². The molecule has 0 unspecified atom stereocenters. The number of fused-ring (bicyclic) bond motifs is 1. The fourth-order valence-corrected chi connectivity index (χ4v) is 3.30. The number of anilines is 2. The second kappa shape index (κ2) is 8.88. The van der Waals surface area contributed by atoms with Crippen molar-refractivity contribution in [3.05, 3.63) is 58.1 Å². The SMILES string of the molecule is COC(=O)c1ccc2c(c1)CCN2C(=O)CCNC(=O)Nc1ccc(Br)cc1. The molecule has 0 radical (unpaired) electrons. The minimum atomic E-state index is -0.395. The van der Waals surface area contributed by atoms with Crippen LogP contribution in [0.4, 0.5) is 16.2 Å². The van der Waals surface area contributed by atoms with Gasteiger partial charge in [-0.05, 0) is 54.4 Å². The number of carbonyl (C=O) groups excluding carboxylic acids is 3. The number of nitrogens with zero attached hydrogens (tertiary/aromatic N) is 1. The normalized spacial score (nSPS) is 12.3. The lowest BCUT2D eigenvalue weighted by Crippen LogP contribution is -2.35. The van der Waals surface area contributed by atoms with Crippen LogP contribution in [0.3, 0.4) is 0 Å². The molecular weight excluding hydrogens is 426 g/mol. The third-order valence-electron chi connectivity index (χ3n) is 4.42. The molecule has 1 aliphatic heterocycles. The van der Waals surface area contributed by atoms with Crippen molar-refractivity contribution in [3.8, 4) is 0 Å². The molecule has 0 saturated carbocycles. The molecule has 1 aliphatic rings. The number of nitrogens with one attached hydrogen (secondary N) is 2. The molecule has 1 heterocycles. The largest absolute Gasteiger partial charge is 0.465 e. The summed E-state index contributed by atoms with van der Waals surface area (Å²) >= 11 is 3.33. The standard InChI is InChI=1S/C20H20BrN3O4/c1-28-19(26)14-2-7-17-13(12-14)9-11-24(17)18(25)8-10-22-20(27)23-16-5-3-15(21)4-6-16/h2-7,12H,8-11H2,1H3,(H2,22,23,27). The molecule has 3 rings (SSSR count). The van der Waals surface area contributed by atoms with E-state index in [0.29, 0.717) is 24.2 Å². The molecule has 146 valence electrons. The van der Waals surface area contributed by atoms with Gasteiger partial charge in [0.05, 0.1) is 12.7 Å². The Bertz CT molecular complexity index is 899. The Kier molecular flexibility index (Phi) is 6.30. The van der Waals surface area contributed by atoms with Crippen LogP contribution in [-0.2, 0) is 16.0 Å². The molecule has 0 aromatic heterocycles. The van der Waals surface area contributed by atoms with Crippen molar-refractivity contribution in [1.82, 2.24) is 5.32 Å². The highest BCUT2D eigenvalue weighted by Gasteiger charge is 2.25. The van der Waals surface area contributed by atoms with Gasteiger partial charge in [0.15, 0.2) is 0 Å². The first-order valence-electron chi connectivity index (χ1n) is 8.80. The van der Waals surface area contributed by atoms with E-state index in [1.807, 2.05) is 12.1 Å². The van der Waals surface area contributed by atoms with Crippen molar-refractivity contribution in [2.75, 3.05) is 30.4 Å². The first-order valence-corrected chi connectivity index (χ1v) is 9.59. The van der Waals surface area contributed by atoms with Crippen LogP contribution in [0.5, 0.6) is 0 Å². The second-order valence-corrected chi connectivity index (χ2v) is 7.18. The Morgan fingerprint density at radius 2 is 1.89 bits per heavy atom. The van der Waals surface area contributed by atoms with Gasteiger partial charge in [-0.15, -0.1) is 0 Å². The summed E-state index contributed by atoms with van der Waals surface area (Å²) < 4.78 is 5.65. The van der Waals surface area contributed by atoms with E-state index in [2.05, 4.69) is 26.6 Å². The van der Waals surface area contributed by atoms with E-state index < -0.39 is 5.97 Å². The lowest BCUT2D eigenvalue weighted by atomic mass is 10.1. The van der Waals surface area contributed by atoms with E-state index in [9.17, 15) is 14.4 Å². The van der Waals surface area contributed by atoms with Gasteiger partial charge in [-0.3, -0.25) is 4.79 Å². The van der Waals surface area contributed by atoms with Crippen molar-refractivity contribution < 1.29 is 19.1 Å². The fraction of sp³-hybridized carbons (Fsp3) is 0.250.